The van der Waals surface area contributed by atoms with E-state index in [1.165, 1.54) is 89.9 Å². The smallest absolute Gasteiger partial charge is 0.434 e. The zero-order valence-electron chi connectivity index (χ0n) is 36.8. The molecule has 0 spiro atoms. The molecule has 6 rings (SSSR count). The van der Waals surface area contributed by atoms with Crippen LogP contribution in [0.2, 0.25) is 0 Å². The fourth-order valence-corrected chi connectivity index (χ4v) is 9.42. The van der Waals surface area contributed by atoms with Gasteiger partial charge in [-0.25, -0.2) is 9.59 Å². The second-order valence-corrected chi connectivity index (χ2v) is 18.5. The minimum Gasteiger partial charge on any atom is -0.434 e. The molecule has 330 valence electrons. The molecule has 0 bridgehead atoms. The summed E-state index contributed by atoms with van der Waals surface area (Å²) in [5.74, 6) is 0.916. The van der Waals surface area contributed by atoms with Gasteiger partial charge in [0.25, 0.3) is 0 Å². The molecule has 0 saturated heterocycles. The Labute approximate surface area is 385 Å². The van der Waals surface area contributed by atoms with Gasteiger partial charge in [0.15, 0.2) is 0 Å². The Hall–Kier alpha value is -4.14. The number of ether oxygens (including phenoxy) is 4. The molecule has 0 aromatic heterocycles. The fourth-order valence-electron chi connectivity index (χ4n) is 8.70. The molecule has 0 aliphatic rings. The van der Waals surface area contributed by atoms with Gasteiger partial charge in [0.1, 0.15) is 11.5 Å². The highest BCUT2D eigenvalue weighted by Gasteiger charge is 2.25. The highest BCUT2D eigenvalue weighted by molar-refractivity contribution is 9.10. The van der Waals surface area contributed by atoms with Crippen LogP contribution >= 0.6 is 31.9 Å². The zero-order valence-corrected chi connectivity index (χ0v) is 40.0. The first kappa shape index (κ1) is 47.3. The van der Waals surface area contributed by atoms with Gasteiger partial charge in [-0.3, -0.25) is 0 Å². The zero-order chi connectivity index (χ0) is 43.5. The average molecular weight is 969 g/mol. The lowest BCUT2D eigenvalue weighted by Crippen LogP contribution is -2.12. The summed E-state index contributed by atoms with van der Waals surface area (Å²) in [4.78, 5) is 26.7. The van der Waals surface area contributed by atoms with Crippen molar-refractivity contribution in [1.29, 1.82) is 0 Å². The first-order chi connectivity index (χ1) is 30.4. The third-order valence-electron chi connectivity index (χ3n) is 11.9. The van der Waals surface area contributed by atoms with Crippen LogP contribution in [0, 0.1) is 0 Å². The van der Waals surface area contributed by atoms with E-state index in [1.54, 1.807) is 0 Å². The minimum atomic E-state index is -0.704. The topological polar surface area (TPSA) is 71.1 Å². The summed E-state index contributed by atoms with van der Waals surface area (Å²) in [7, 11) is 0. The Bertz CT molecular complexity index is 2220. The summed E-state index contributed by atoms with van der Waals surface area (Å²) in [5.41, 5.74) is 1.94. The SMILES string of the molecule is CCCCCCCCCCCCOC(=O)Oc1c2ccccc2c(-c2c3ccccc3c(OC(=O)OCCCCCCCCCCCC)c3ccc(Br)cc23)c2cc(Br)ccc12. The van der Waals surface area contributed by atoms with Gasteiger partial charge in [-0.15, -0.1) is 0 Å². The van der Waals surface area contributed by atoms with Gasteiger partial charge in [-0.1, -0.05) is 210 Å². The van der Waals surface area contributed by atoms with Crippen molar-refractivity contribution in [3.63, 3.8) is 0 Å². The number of carbonyl (C=O) groups is 2. The predicted molar refractivity (Wildman–Crippen MR) is 265 cm³/mol. The summed E-state index contributed by atoms with van der Waals surface area (Å²) in [6.07, 6.45) is 22.7. The number of halogens is 2. The Morgan fingerprint density at radius 3 is 1.05 bits per heavy atom. The van der Waals surface area contributed by atoms with Gasteiger partial charge < -0.3 is 18.9 Å². The van der Waals surface area contributed by atoms with Gasteiger partial charge in [-0.2, -0.15) is 0 Å². The third-order valence-corrected chi connectivity index (χ3v) is 12.9. The van der Waals surface area contributed by atoms with Gasteiger partial charge in [-0.05, 0) is 81.9 Å². The molecule has 6 nitrogen and oxygen atoms in total. The molecule has 0 fully saturated rings. The van der Waals surface area contributed by atoms with Crippen LogP contribution in [0.1, 0.15) is 142 Å². The van der Waals surface area contributed by atoms with E-state index in [1.807, 2.05) is 60.7 Å². The molecule has 62 heavy (non-hydrogen) atoms. The first-order valence-corrected chi connectivity index (χ1v) is 25.0. The van der Waals surface area contributed by atoms with Crippen LogP contribution in [0.3, 0.4) is 0 Å². The maximum atomic E-state index is 13.4. The van der Waals surface area contributed by atoms with Crippen molar-refractivity contribution in [3.05, 3.63) is 93.9 Å². The molecule has 6 aromatic rings. The summed E-state index contributed by atoms with van der Waals surface area (Å²) >= 11 is 7.49. The van der Waals surface area contributed by atoms with E-state index < -0.39 is 12.3 Å². The van der Waals surface area contributed by atoms with Crippen molar-refractivity contribution in [3.8, 4) is 22.6 Å². The van der Waals surface area contributed by atoms with Crippen LogP contribution in [0.4, 0.5) is 9.59 Å². The second-order valence-electron chi connectivity index (χ2n) is 16.6. The molecule has 0 aliphatic heterocycles. The Morgan fingerprint density at radius 1 is 0.387 bits per heavy atom. The highest BCUT2D eigenvalue weighted by Crippen LogP contribution is 2.50. The van der Waals surface area contributed by atoms with Gasteiger partial charge in [0.2, 0.25) is 0 Å². The molecule has 8 heteroatoms. The average Bonchev–Trinajstić information content (AvgIpc) is 3.27. The molecule has 0 unspecified atom stereocenters. The number of unbranched alkanes of at least 4 members (excludes halogenated alkanes) is 18. The molecule has 0 atom stereocenters. The van der Waals surface area contributed by atoms with Gasteiger partial charge in [0.05, 0.1) is 13.2 Å². The van der Waals surface area contributed by atoms with Crippen LogP contribution in [0.15, 0.2) is 93.9 Å². The number of carbonyl (C=O) groups excluding carboxylic acids is 2. The summed E-state index contributed by atoms with van der Waals surface area (Å²) in [6, 6.07) is 28.1. The van der Waals surface area contributed by atoms with Crippen LogP contribution < -0.4 is 9.47 Å². The van der Waals surface area contributed by atoms with Crippen molar-refractivity contribution in [2.24, 2.45) is 0 Å². The van der Waals surface area contributed by atoms with Crippen LogP contribution in [0.5, 0.6) is 11.5 Å². The fraction of sp³-hybridized carbons (Fsp3) is 0.444. The monoisotopic (exact) mass is 966 g/mol. The lowest BCUT2D eigenvalue weighted by Gasteiger charge is -2.21. The van der Waals surface area contributed by atoms with Gasteiger partial charge in [0, 0.05) is 30.5 Å². The van der Waals surface area contributed by atoms with E-state index in [-0.39, 0.29) is 0 Å². The minimum absolute atomic E-state index is 0.322. The molecular formula is C54H64Br2O6. The highest BCUT2D eigenvalue weighted by atomic mass is 79.9. The van der Waals surface area contributed by atoms with Crippen LogP contribution in [-0.2, 0) is 9.47 Å². The Balaban J connectivity index is 1.24. The van der Waals surface area contributed by atoms with Crippen LogP contribution in [-0.4, -0.2) is 25.5 Å². The molecular weight excluding hydrogens is 904 g/mol. The number of hydrogen-bond acceptors (Lipinski definition) is 6. The van der Waals surface area contributed by atoms with Crippen molar-refractivity contribution in [2.45, 2.75) is 142 Å². The summed E-state index contributed by atoms with van der Waals surface area (Å²) in [6.45, 7) is 5.14. The maximum absolute atomic E-state index is 13.4. The molecule has 0 aliphatic carbocycles. The van der Waals surface area contributed by atoms with E-state index in [0.717, 1.165) is 102 Å². The Morgan fingerprint density at radius 2 is 0.694 bits per heavy atom. The number of rotatable bonds is 25. The van der Waals surface area contributed by atoms with Gasteiger partial charge >= 0.3 is 12.3 Å². The molecule has 0 N–H and O–H groups in total. The number of benzene rings is 6. The standard InChI is InChI=1S/C54H64Br2O6/c1-3-5-7-9-11-13-15-17-19-25-35-59-53(57)61-51-43-29-23-21-27-41(43)49(47-37-39(55)31-33-45(47)51)50-42-28-22-24-30-44(42)52(46-34-32-40(56)38-48(46)50)62-54(58)60-36-26-20-18-16-14-12-10-8-6-4-2/h21-24,27-34,37-38H,3-20,25-26,35-36H2,1-2H3. The molecule has 0 amide bonds. The van der Waals surface area contributed by atoms with E-state index in [9.17, 15) is 9.59 Å². The first-order valence-electron chi connectivity index (χ1n) is 23.4. The lowest BCUT2D eigenvalue weighted by molar-refractivity contribution is 0.0972. The molecule has 0 radical (unpaired) electrons. The third kappa shape index (κ3) is 13.0. The summed E-state index contributed by atoms with van der Waals surface area (Å²) in [5, 5.41) is 6.74. The largest absolute Gasteiger partial charge is 0.513 e. The van der Waals surface area contributed by atoms with E-state index >= 15 is 0 Å². The van der Waals surface area contributed by atoms with E-state index in [4.69, 9.17) is 18.9 Å². The predicted octanol–water partition coefficient (Wildman–Crippen LogP) is 18.4. The van der Waals surface area contributed by atoms with E-state index in [2.05, 4.69) is 70.0 Å². The maximum Gasteiger partial charge on any atom is 0.513 e. The van der Waals surface area contributed by atoms with Crippen molar-refractivity contribution < 1.29 is 28.5 Å². The quantitative estimate of drug-likeness (QED) is 0.0246. The second kappa shape index (κ2) is 25.2. The molecule has 0 heterocycles. The van der Waals surface area contributed by atoms with Crippen molar-refractivity contribution in [1.82, 2.24) is 0 Å². The Kier molecular flexibility index (Phi) is 19.3. The summed E-state index contributed by atoms with van der Waals surface area (Å²) < 4.78 is 25.4. The van der Waals surface area contributed by atoms with E-state index in [0.29, 0.717) is 24.7 Å². The number of fused-ring (bicyclic) bond motifs is 4. The van der Waals surface area contributed by atoms with Crippen molar-refractivity contribution in [2.75, 3.05) is 13.2 Å². The normalized spacial score (nSPS) is 11.5. The van der Waals surface area contributed by atoms with Crippen LogP contribution in [0.25, 0.3) is 54.2 Å². The van der Waals surface area contributed by atoms with Crippen molar-refractivity contribution >= 4 is 87.3 Å². The lowest BCUT2D eigenvalue weighted by atomic mass is 9.85. The molecule has 6 aromatic carbocycles. The molecule has 0 saturated carbocycles. The number of hydrogen-bond donors (Lipinski definition) is 0.